The number of carbonyl (C=O) groups is 2. The van der Waals surface area contributed by atoms with E-state index in [0.717, 1.165) is 58.4 Å². The van der Waals surface area contributed by atoms with Crippen LogP contribution >= 0.6 is 0 Å². The Balaban J connectivity index is 1.11. The summed E-state index contributed by atoms with van der Waals surface area (Å²) in [6.45, 7) is 4.78. The predicted octanol–water partition coefficient (Wildman–Crippen LogP) is 2.29. The molecule has 1 aromatic carbocycles. The maximum atomic E-state index is 12.5. The average molecular weight is 424 g/mol. The van der Waals surface area contributed by atoms with Crippen LogP contribution in [0, 0.1) is 5.92 Å². The van der Waals surface area contributed by atoms with Gasteiger partial charge < -0.3 is 10.2 Å². The monoisotopic (exact) mass is 423 g/mol. The molecule has 4 rings (SSSR count). The Morgan fingerprint density at radius 1 is 1.03 bits per heavy atom. The van der Waals surface area contributed by atoms with Crippen molar-refractivity contribution in [2.75, 3.05) is 26.2 Å². The van der Waals surface area contributed by atoms with Gasteiger partial charge in [0.2, 0.25) is 11.8 Å². The lowest BCUT2D eigenvalue weighted by molar-refractivity contribution is -0.133. The molecule has 1 aromatic heterocycles. The average Bonchev–Trinajstić information content (AvgIpc) is 3.45. The summed E-state index contributed by atoms with van der Waals surface area (Å²) in [5.74, 6) is 0.822. The molecular formula is C24H33N5O2. The zero-order valence-corrected chi connectivity index (χ0v) is 18.2. The third kappa shape index (κ3) is 6.40. The van der Waals surface area contributed by atoms with Gasteiger partial charge in [-0.25, -0.2) is 0 Å². The van der Waals surface area contributed by atoms with Gasteiger partial charge in [-0.2, -0.15) is 5.10 Å². The molecule has 2 amide bonds. The number of hydrogen-bond donors (Lipinski definition) is 1. The molecule has 1 N–H and O–H groups in total. The number of nitrogens with one attached hydrogen (secondary N) is 1. The van der Waals surface area contributed by atoms with Gasteiger partial charge in [-0.15, -0.1) is 0 Å². The molecule has 2 aliphatic heterocycles. The molecule has 2 aromatic rings. The number of nitrogens with zero attached hydrogens (tertiary/aromatic N) is 4. The summed E-state index contributed by atoms with van der Waals surface area (Å²) in [6.07, 6.45) is 7.98. The number of likely N-dealkylation sites (tertiary alicyclic amines) is 2. The molecule has 1 atom stereocenters. The van der Waals surface area contributed by atoms with Crippen molar-refractivity contribution in [1.29, 1.82) is 0 Å². The maximum Gasteiger partial charge on any atom is 0.244 e. The highest BCUT2D eigenvalue weighted by atomic mass is 16.2. The zero-order chi connectivity index (χ0) is 21.5. The van der Waals surface area contributed by atoms with Crippen LogP contribution in [-0.2, 0) is 22.7 Å². The van der Waals surface area contributed by atoms with E-state index in [1.54, 1.807) is 10.9 Å². The summed E-state index contributed by atoms with van der Waals surface area (Å²) in [7, 11) is 0. The third-order valence-electron chi connectivity index (χ3n) is 6.49. The molecule has 0 spiro atoms. The summed E-state index contributed by atoms with van der Waals surface area (Å²) in [5, 5.41) is 7.34. The van der Waals surface area contributed by atoms with Crippen molar-refractivity contribution in [2.24, 2.45) is 5.92 Å². The molecule has 2 fully saturated rings. The van der Waals surface area contributed by atoms with Crippen LogP contribution in [-0.4, -0.2) is 63.6 Å². The largest absolute Gasteiger partial charge is 0.352 e. The van der Waals surface area contributed by atoms with Gasteiger partial charge in [0.25, 0.3) is 0 Å². The van der Waals surface area contributed by atoms with E-state index in [1.165, 1.54) is 5.56 Å². The number of amides is 2. The minimum absolute atomic E-state index is 0.126. The van der Waals surface area contributed by atoms with Gasteiger partial charge in [0.1, 0.15) is 6.54 Å². The number of rotatable bonds is 8. The predicted molar refractivity (Wildman–Crippen MR) is 119 cm³/mol. The molecule has 7 heteroatoms. The van der Waals surface area contributed by atoms with Crippen LogP contribution < -0.4 is 5.32 Å². The second-order valence-electron chi connectivity index (χ2n) is 8.84. The molecule has 0 aliphatic carbocycles. The molecule has 0 saturated carbocycles. The Morgan fingerprint density at radius 3 is 2.58 bits per heavy atom. The summed E-state index contributed by atoms with van der Waals surface area (Å²) in [6, 6.07) is 12.6. The van der Waals surface area contributed by atoms with Crippen molar-refractivity contribution in [3.63, 3.8) is 0 Å². The van der Waals surface area contributed by atoms with Crippen LogP contribution in [0.15, 0.2) is 48.8 Å². The van der Waals surface area contributed by atoms with E-state index >= 15 is 0 Å². The number of piperidine rings is 1. The van der Waals surface area contributed by atoms with Crippen molar-refractivity contribution in [3.05, 3.63) is 54.4 Å². The first-order valence-corrected chi connectivity index (χ1v) is 11.5. The van der Waals surface area contributed by atoms with Crippen LogP contribution in [0.1, 0.15) is 37.7 Å². The summed E-state index contributed by atoms with van der Waals surface area (Å²) in [4.78, 5) is 29.2. The fourth-order valence-electron chi connectivity index (χ4n) is 4.67. The van der Waals surface area contributed by atoms with Gasteiger partial charge in [0.15, 0.2) is 0 Å². The fraction of sp³-hybridized carbons (Fsp3) is 0.542. The standard InChI is InChI=1S/C24H33N5O2/c30-23(26-22-11-14-27(18-22)17-21-5-2-1-3-6-21)8-7-20-9-15-28(16-10-20)24(31)19-29-13-4-12-25-29/h1-6,12-13,20,22H,7-11,14-19H2,(H,26,30). The number of carbonyl (C=O) groups excluding carboxylic acids is 2. The van der Waals surface area contributed by atoms with Gasteiger partial charge in [-0.3, -0.25) is 19.2 Å². The van der Waals surface area contributed by atoms with Crippen molar-refractivity contribution < 1.29 is 9.59 Å². The molecular weight excluding hydrogens is 390 g/mol. The minimum Gasteiger partial charge on any atom is -0.352 e. The lowest BCUT2D eigenvalue weighted by Gasteiger charge is -2.32. The Labute approximate surface area is 184 Å². The molecule has 1 unspecified atom stereocenters. The van der Waals surface area contributed by atoms with Gasteiger partial charge in [-0.05, 0) is 43.2 Å². The van der Waals surface area contributed by atoms with Gasteiger partial charge >= 0.3 is 0 Å². The summed E-state index contributed by atoms with van der Waals surface area (Å²) in [5.41, 5.74) is 1.32. The van der Waals surface area contributed by atoms with E-state index in [2.05, 4.69) is 39.6 Å². The van der Waals surface area contributed by atoms with Crippen molar-refractivity contribution >= 4 is 11.8 Å². The smallest absolute Gasteiger partial charge is 0.244 e. The van der Waals surface area contributed by atoms with Crippen molar-refractivity contribution in [3.8, 4) is 0 Å². The lowest BCUT2D eigenvalue weighted by atomic mass is 9.92. The molecule has 7 nitrogen and oxygen atoms in total. The van der Waals surface area contributed by atoms with Crippen LogP contribution in [0.25, 0.3) is 0 Å². The number of benzene rings is 1. The van der Waals surface area contributed by atoms with Gasteiger partial charge in [0.05, 0.1) is 0 Å². The van der Waals surface area contributed by atoms with Crippen LogP contribution in [0.4, 0.5) is 0 Å². The van der Waals surface area contributed by atoms with Gasteiger partial charge in [-0.1, -0.05) is 30.3 Å². The van der Waals surface area contributed by atoms with E-state index < -0.39 is 0 Å². The van der Waals surface area contributed by atoms with E-state index in [1.807, 2.05) is 23.2 Å². The van der Waals surface area contributed by atoms with Crippen LogP contribution in [0.5, 0.6) is 0 Å². The third-order valence-corrected chi connectivity index (χ3v) is 6.49. The topological polar surface area (TPSA) is 70.5 Å². The normalized spacial score (nSPS) is 20.1. The van der Waals surface area contributed by atoms with Crippen LogP contribution in [0.3, 0.4) is 0 Å². The Morgan fingerprint density at radius 2 is 1.84 bits per heavy atom. The quantitative estimate of drug-likeness (QED) is 0.707. The molecule has 2 saturated heterocycles. The van der Waals surface area contributed by atoms with Crippen LogP contribution in [0.2, 0.25) is 0 Å². The highest BCUT2D eigenvalue weighted by Gasteiger charge is 2.26. The first-order chi connectivity index (χ1) is 15.2. The van der Waals surface area contributed by atoms with E-state index in [4.69, 9.17) is 0 Å². The second-order valence-corrected chi connectivity index (χ2v) is 8.84. The first kappa shape index (κ1) is 21.6. The minimum atomic E-state index is 0.126. The summed E-state index contributed by atoms with van der Waals surface area (Å²) < 4.78 is 1.67. The number of aromatic nitrogens is 2. The molecule has 166 valence electrons. The highest BCUT2D eigenvalue weighted by molar-refractivity contribution is 5.76. The zero-order valence-electron chi connectivity index (χ0n) is 18.2. The summed E-state index contributed by atoms with van der Waals surface area (Å²) >= 11 is 0. The Bertz CT molecular complexity index is 831. The Hall–Kier alpha value is -2.67. The SMILES string of the molecule is O=C(CCC1CCN(C(=O)Cn2cccn2)CC1)NC1CCN(Cc2ccccc2)C1. The second kappa shape index (κ2) is 10.6. The molecule has 2 aliphatic rings. The molecule has 3 heterocycles. The van der Waals surface area contributed by atoms with E-state index in [-0.39, 0.29) is 17.9 Å². The number of hydrogen-bond acceptors (Lipinski definition) is 4. The maximum absolute atomic E-state index is 12.5. The van der Waals surface area contributed by atoms with Gasteiger partial charge in [0, 0.05) is 57.6 Å². The Kier molecular flexibility index (Phi) is 7.35. The lowest BCUT2D eigenvalue weighted by Crippen LogP contribution is -2.41. The molecule has 0 bridgehead atoms. The molecule has 31 heavy (non-hydrogen) atoms. The van der Waals surface area contributed by atoms with Crippen molar-refractivity contribution in [1.82, 2.24) is 24.9 Å². The van der Waals surface area contributed by atoms with E-state index in [9.17, 15) is 9.59 Å². The fourth-order valence-corrected chi connectivity index (χ4v) is 4.67. The van der Waals surface area contributed by atoms with Crippen molar-refractivity contribution in [2.45, 2.75) is 51.2 Å². The molecule has 0 radical (unpaired) electrons. The first-order valence-electron chi connectivity index (χ1n) is 11.5. The van der Waals surface area contributed by atoms with E-state index in [0.29, 0.717) is 18.9 Å². The highest BCUT2D eigenvalue weighted by Crippen LogP contribution is 2.22.